The van der Waals surface area contributed by atoms with E-state index < -0.39 is 23.6 Å². The van der Waals surface area contributed by atoms with E-state index in [0.29, 0.717) is 17.6 Å². The van der Waals surface area contributed by atoms with Gasteiger partial charge >= 0.3 is 6.18 Å². The van der Waals surface area contributed by atoms with Gasteiger partial charge in [-0.15, -0.1) is 0 Å². The molecular weight excluding hydrogens is 274 g/mol. The molecule has 20 heavy (non-hydrogen) atoms. The summed E-state index contributed by atoms with van der Waals surface area (Å²) in [5.41, 5.74) is -1.11. The van der Waals surface area contributed by atoms with Crippen LogP contribution in [0.15, 0.2) is 34.7 Å². The van der Waals surface area contributed by atoms with Gasteiger partial charge in [0.1, 0.15) is 17.3 Å². The molecule has 0 spiro atoms. The fourth-order valence-corrected chi connectivity index (χ4v) is 1.80. The van der Waals surface area contributed by atoms with Gasteiger partial charge in [0.05, 0.1) is 17.3 Å². The Labute approximate surface area is 113 Å². The van der Waals surface area contributed by atoms with Crippen LogP contribution >= 0.6 is 0 Å². The van der Waals surface area contributed by atoms with E-state index in [1.807, 2.05) is 0 Å². The van der Waals surface area contributed by atoms with E-state index >= 15 is 0 Å². The smallest absolute Gasteiger partial charge is 0.416 e. The molecule has 0 saturated heterocycles. The average molecular weight is 287 g/mol. The van der Waals surface area contributed by atoms with E-state index in [2.05, 4.69) is 5.32 Å². The van der Waals surface area contributed by atoms with Gasteiger partial charge in [-0.25, -0.2) is 4.39 Å². The predicted octanol–water partition coefficient (Wildman–Crippen LogP) is 4.92. The molecule has 0 bridgehead atoms. The van der Waals surface area contributed by atoms with Crippen LogP contribution in [0.3, 0.4) is 0 Å². The van der Waals surface area contributed by atoms with Gasteiger partial charge in [-0.3, -0.25) is 0 Å². The number of nitrogens with one attached hydrogen (secondary N) is 1. The van der Waals surface area contributed by atoms with E-state index in [9.17, 15) is 17.6 Å². The second-order valence-corrected chi connectivity index (χ2v) is 4.51. The molecule has 2 aromatic rings. The summed E-state index contributed by atoms with van der Waals surface area (Å²) in [4.78, 5) is 0. The molecule has 0 saturated carbocycles. The van der Waals surface area contributed by atoms with Gasteiger partial charge in [0.25, 0.3) is 0 Å². The van der Waals surface area contributed by atoms with Crippen molar-refractivity contribution in [2.24, 2.45) is 0 Å². The second kappa shape index (κ2) is 5.19. The molecule has 0 aliphatic rings. The lowest BCUT2D eigenvalue weighted by Crippen LogP contribution is -2.10. The third kappa shape index (κ3) is 3.12. The van der Waals surface area contributed by atoms with Crippen molar-refractivity contribution in [1.82, 2.24) is 0 Å². The van der Waals surface area contributed by atoms with Gasteiger partial charge in [-0.05, 0) is 44.2 Å². The summed E-state index contributed by atoms with van der Waals surface area (Å²) in [7, 11) is 0. The van der Waals surface area contributed by atoms with Crippen molar-refractivity contribution in [2.45, 2.75) is 26.1 Å². The first-order valence-electron chi connectivity index (χ1n) is 5.97. The number of alkyl halides is 3. The standard InChI is InChI=1S/C14H13F4NO/c1-8-3-6-13(20-8)9(2)19-12-7-10(14(16,17)18)4-5-11(12)15/h3-7,9,19H,1-2H3. The maximum atomic E-state index is 13.6. The van der Waals surface area contributed by atoms with E-state index in [4.69, 9.17) is 4.42 Å². The number of hydrogen-bond donors (Lipinski definition) is 1. The maximum absolute atomic E-state index is 13.6. The first kappa shape index (κ1) is 14.4. The summed E-state index contributed by atoms with van der Waals surface area (Å²) >= 11 is 0. The van der Waals surface area contributed by atoms with Crippen molar-refractivity contribution in [3.8, 4) is 0 Å². The van der Waals surface area contributed by atoms with Crippen LogP contribution in [0.1, 0.15) is 30.0 Å². The first-order valence-corrected chi connectivity index (χ1v) is 5.97. The van der Waals surface area contributed by atoms with E-state index in [1.165, 1.54) is 0 Å². The monoisotopic (exact) mass is 287 g/mol. The third-order valence-corrected chi connectivity index (χ3v) is 2.85. The summed E-state index contributed by atoms with van der Waals surface area (Å²) in [5.74, 6) is 0.464. The highest BCUT2D eigenvalue weighted by atomic mass is 19.4. The number of hydrogen-bond acceptors (Lipinski definition) is 2. The average Bonchev–Trinajstić information content (AvgIpc) is 2.77. The zero-order chi connectivity index (χ0) is 14.9. The molecule has 2 nitrogen and oxygen atoms in total. The van der Waals surface area contributed by atoms with Crippen LogP contribution in [0.5, 0.6) is 0 Å². The molecule has 6 heteroatoms. The minimum Gasteiger partial charge on any atom is -0.464 e. The first-order chi connectivity index (χ1) is 9.27. The van der Waals surface area contributed by atoms with E-state index in [0.717, 1.165) is 12.1 Å². The van der Waals surface area contributed by atoms with Crippen LogP contribution < -0.4 is 5.32 Å². The topological polar surface area (TPSA) is 25.2 Å². The van der Waals surface area contributed by atoms with Crippen molar-refractivity contribution < 1.29 is 22.0 Å². The number of aryl methyl sites for hydroxylation is 1. The maximum Gasteiger partial charge on any atom is 0.416 e. The summed E-state index contributed by atoms with van der Waals surface area (Å²) < 4.78 is 56.7. The summed E-state index contributed by atoms with van der Waals surface area (Å²) in [5, 5.41) is 2.68. The van der Waals surface area contributed by atoms with Gasteiger partial charge in [0.2, 0.25) is 0 Å². The molecule has 2 rings (SSSR count). The molecule has 1 unspecified atom stereocenters. The van der Waals surface area contributed by atoms with Gasteiger partial charge < -0.3 is 9.73 Å². The molecule has 0 amide bonds. The van der Waals surface area contributed by atoms with Gasteiger partial charge in [-0.2, -0.15) is 13.2 Å². The SMILES string of the molecule is Cc1ccc(C(C)Nc2cc(C(F)(F)F)ccc2F)o1. The molecule has 0 aliphatic heterocycles. The highest BCUT2D eigenvalue weighted by molar-refractivity contribution is 5.49. The van der Waals surface area contributed by atoms with Gasteiger partial charge in [0.15, 0.2) is 0 Å². The molecule has 1 aromatic carbocycles. The Morgan fingerprint density at radius 2 is 1.85 bits per heavy atom. The van der Waals surface area contributed by atoms with Crippen LogP contribution in [0.25, 0.3) is 0 Å². The number of halogens is 4. The zero-order valence-electron chi connectivity index (χ0n) is 10.9. The summed E-state index contributed by atoms with van der Waals surface area (Å²) in [6, 6.07) is 5.24. The van der Waals surface area contributed by atoms with Crippen LogP contribution in [-0.4, -0.2) is 0 Å². The lowest BCUT2D eigenvalue weighted by atomic mass is 10.1. The predicted molar refractivity (Wildman–Crippen MR) is 66.9 cm³/mol. The molecule has 0 radical (unpaired) electrons. The number of rotatable bonds is 3. The number of benzene rings is 1. The fraction of sp³-hybridized carbons (Fsp3) is 0.286. The zero-order valence-corrected chi connectivity index (χ0v) is 10.9. The lowest BCUT2D eigenvalue weighted by Gasteiger charge is -2.15. The van der Waals surface area contributed by atoms with Crippen molar-refractivity contribution in [1.29, 1.82) is 0 Å². The molecule has 1 heterocycles. The second-order valence-electron chi connectivity index (χ2n) is 4.51. The van der Waals surface area contributed by atoms with Crippen molar-refractivity contribution in [2.75, 3.05) is 5.32 Å². The van der Waals surface area contributed by atoms with Gasteiger partial charge in [-0.1, -0.05) is 0 Å². The molecule has 108 valence electrons. The minimum absolute atomic E-state index is 0.207. The highest BCUT2D eigenvalue weighted by Gasteiger charge is 2.31. The van der Waals surface area contributed by atoms with Crippen molar-refractivity contribution in [3.63, 3.8) is 0 Å². The molecular formula is C14H13F4NO. The van der Waals surface area contributed by atoms with Crippen LogP contribution in [0.4, 0.5) is 23.2 Å². The molecule has 0 fully saturated rings. The largest absolute Gasteiger partial charge is 0.464 e. The number of furan rings is 1. The highest BCUT2D eigenvalue weighted by Crippen LogP contribution is 2.33. The molecule has 0 aliphatic carbocycles. The van der Waals surface area contributed by atoms with Crippen LogP contribution in [0, 0.1) is 12.7 Å². The fourth-order valence-electron chi connectivity index (χ4n) is 1.80. The Bertz CT molecular complexity index is 603. The Hall–Kier alpha value is -1.98. The van der Waals surface area contributed by atoms with Crippen LogP contribution in [-0.2, 0) is 6.18 Å². The molecule has 1 atom stereocenters. The molecule has 1 N–H and O–H groups in total. The van der Waals surface area contributed by atoms with Crippen molar-refractivity contribution >= 4 is 5.69 Å². The normalized spacial score (nSPS) is 13.3. The van der Waals surface area contributed by atoms with Gasteiger partial charge in [0, 0.05) is 0 Å². The van der Waals surface area contributed by atoms with E-state index in [-0.39, 0.29) is 5.69 Å². The number of anilines is 1. The quantitative estimate of drug-likeness (QED) is 0.811. The molecule has 1 aromatic heterocycles. The van der Waals surface area contributed by atoms with Crippen molar-refractivity contribution in [3.05, 3.63) is 53.2 Å². The summed E-state index contributed by atoms with van der Waals surface area (Å²) in [6.07, 6.45) is -4.51. The van der Waals surface area contributed by atoms with Crippen LogP contribution in [0.2, 0.25) is 0 Å². The Balaban J connectivity index is 2.24. The third-order valence-electron chi connectivity index (χ3n) is 2.85. The van der Waals surface area contributed by atoms with E-state index in [1.54, 1.807) is 26.0 Å². The Kier molecular flexibility index (Phi) is 3.74. The summed E-state index contributed by atoms with van der Waals surface area (Å²) in [6.45, 7) is 3.43. The minimum atomic E-state index is -4.51. The Morgan fingerprint density at radius 3 is 2.40 bits per heavy atom. The Morgan fingerprint density at radius 1 is 1.15 bits per heavy atom. The lowest BCUT2D eigenvalue weighted by molar-refractivity contribution is -0.137.